The molecule has 2 fully saturated rings. The molecule has 3 aromatic rings. The van der Waals surface area contributed by atoms with Gasteiger partial charge in [0.05, 0.1) is 30.8 Å². The number of nitrogens with zero attached hydrogens (tertiary/aromatic N) is 7. The third-order valence-corrected chi connectivity index (χ3v) is 9.35. The highest BCUT2D eigenvalue weighted by Gasteiger charge is 2.33. The fraction of sp³-hybridized carbons (Fsp3) is 0.471. The van der Waals surface area contributed by atoms with E-state index in [1.54, 1.807) is 4.90 Å². The molecular formula is C34H41N7O2. The number of likely N-dealkylation sites (tertiary alicyclic amines) is 1. The van der Waals surface area contributed by atoms with E-state index in [2.05, 4.69) is 77.7 Å². The maximum Gasteiger partial charge on any atom is 0.318 e. The zero-order chi connectivity index (χ0) is 29.9. The van der Waals surface area contributed by atoms with Crippen molar-refractivity contribution in [3.8, 4) is 12.1 Å². The molecule has 2 atom stereocenters. The van der Waals surface area contributed by atoms with E-state index >= 15 is 0 Å². The van der Waals surface area contributed by atoms with Crippen molar-refractivity contribution in [2.45, 2.75) is 57.7 Å². The molecule has 1 amide bonds. The van der Waals surface area contributed by atoms with Gasteiger partial charge in [-0.25, -0.2) is 0 Å². The van der Waals surface area contributed by atoms with Gasteiger partial charge in [-0.05, 0) is 69.3 Å². The lowest BCUT2D eigenvalue weighted by molar-refractivity contribution is -0.128. The highest BCUT2D eigenvalue weighted by atomic mass is 16.5. The lowest BCUT2D eigenvalue weighted by Gasteiger charge is -2.41. The molecule has 1 unspecified atom stereocenters. The molecule has 224 valence electrons. The van der Waals surface area contributed by atoms with Crippen LogP contribution < -0.4 is 14.5 Å². The molecule has 1 aromatic heterocycles. The summed E-state index contributed by atoms with van der Waals surface area (Å²) in [5.74, 6) is 0.746. The summed E-state index contributed by atoms with van der Waals surface area (Å²) in [6.07, 6.45) is 5.70. The number of amides is 1. The van der Waals surface area contributed by atoms with E-state index in [0.29, 0.717) is 44.8 Å². The van der Waals surface area contributed by atoms with Crippen LogP contribution in [-0.4, -0.2) is 84.1 Å². The molecule has 2 aromatic carbocycles. The smallest absolute Gasteiger partial charge is 0.318 e. The molecule has 9 nitrogen and oxygen atoms in total. The first-order chi connectivity index (χ1) is 21.0. The second kappa shape index (κ2) is 12.6. The SMILES string of the molecule is C=CC(=O)N1CCN(c2nc(OC[C@@H]3CCCN3C)nc3c2CCCN(c2cccc4c(C)cccc24)C3)CC1CC#N. The summed E-state index contributed by atoms with van der Waals surface area (Å²) in [6, 6.07) is 15.9. The zero-order valence-corrected chi connectivity index (χ0v) is 25.3. The number of carbonyl (C=O) groups excluding carboxylic acids is 1. The average molecular weight is 580 g/mol. The van der Waals surface area contributed by atoms with E-state index < -0.39 is 0 Å². The first-order valence-corrected chi connectivity index (χ1v) is 15.5. The summed E-state index contributed by atoms with van der Waals surface area (Å²) in [5, 5.41) is 12.1. The predicted molar refractivity (Wildman–Crippen MR) is 169 cm³/mol. The summed E-state index contributed by atoms with van der Waals surface area (Å²) in [5.41, 5.74) is 4.62. The minimum absolute atomic E-state index is 0.132. The van der Waals surface area contributed by atoms with E-state index in [9.17, 15) is 10.1 Å². The maximum atomic E-state index is 12.6. The van der Waals surface area contributed by atoms with Gasteiger partial charge in [0.2, 0.25) is 5.91 Å². The number of rotatable bonds is 7. The molecule has 9 heteroatoms. The van der Waals surface area contributed by atoms with Gasteiger partial charge >= 0.3 is 6.01 Å². The molecule has 3 aliphatic rings. The molecule has 3 aliphatic heterocycles. The van der Waals surface area contributed by atoms with Crippen molar-refractivity contribution in [1.29, 1.82) is 5.26 Å². The summed E-state index contributed by atoms with van der Waals surface area (Å²) in [7, 11) is 2.15. The van der Waals surface area contributed by atoms with E-state index in [4.69, 9.17) is 14.7 Å². The predicted octanol–water partition coefficient (Wildman–Crippen LogP) is 4.48. The molecule has 0 N–H and O–H groups in total. The van der Waals surface area contributed by atoms with Gasteiger partial charge in [-0.3, -0.25) is 4.79 Å². The topological polar surface area (TPSA) is 88.8 Å². The van der Waals surface area contributed by atoms with Gasteiger partial charge in [0.15, 0.2) is 0 Å². The van der Waals surface area contributed by atoms with Gasteiger partial charge in [-0.2, -0.15) is 15.2 Å². The quantitative estimate of drug-likeness (QED) is 0.379. The number of anilines is 2. The number of aromatic nitrogens is 2. The Hall–Kier alpha value is -4.16. The minimum atomic E-state index is -0.229. The van der Waals surface area contributed by atoms with Gasteiger partial charge in [0.1, 0.15) is 12.4 Å². The summed E-state index contributed by atoms with van der Waals surface area (Å²) < 4.78 is 6.34. The van der Waals surface area contributed by atoms with Crippen molar-refractivity contribution in [2.75, 3.05) is 56.2 Å². The molecule has 6 rings (SSSR count). The van der Waals surface area contributed by atoms with Crippen LogP contribution in [0.1, 0.15) is 42.5 Å². The Bertz CT molecular complexity index is 1550. The third kappa shape index (κ3) is 5.89. The number of likely N-dealkylation sites (N-methyl/N-ethyl adjacent to an activating group) is 1. The first-order valence-electron chi connectivity index (χ1n) is 15.5. The van der Waals surface area contributed by atoms with Gasteiger partial charge in [-0.15, -0.1) is 0 Å². The van der Waals surface area contributed by atoms with Crippen LogP contribution in [0.4, 0.5) is 11.5 Å². The van der Waals surface area contributed by atoms with Crippen molar-refractivity contribution in [2.24, 2.45) is 0 Å². The van der Waals surface area contributed by atoms with Gasteiger partial charge < -0.3 is 24.3 Å². The van der Waals surface area contributed by atoms with Crippen LogP contribution in [-0.2, 0) is 17.8 Å². The van der Waals surface area contributed by atoms with Gasteiger partial charge in [0, 0.05) is 48.9 Å². The molecule has 2 saturated heterocycles. The van der Waals surface area contributed by atoms with Crippen LogP contribution in [0.5, 0.6) is 6.01 Å². The average Bonchev–Trinajstić information content (AvgIpc) is 3.31. The van der Waals surface area contributed by atoms with E-state index in [1.165, 1.54) is 34.5 Å². The maximum absolute atomic E-state index is 12.6. The highest BCUT2D eigenvalue weighted by Crippen LogP contribution is 2.35. The number of ether oxygens (including phenoxy) is 1. The lowest BCUT2D eigenvalue weighted by Crippen LogP contribution is -2.55. The van der Waals surface area contributed by atoms with Crippen LogP contribution in [0, 0.1) is 18.3 Å². The number of nitriles is 1. The third-order valence-electron chi connectivity index (χ3n) is 9.35. The van der Waals surface area contributed by atoms with Crippen molar-refractivity contribution in [3.63, 3.8) is 0 Å². The first kappa shape index (κ1) is 28.9. The van der Waals surface area contributed by atoms with E-state index in [1.807, 2.05) is 0 Å². The summed E-state index contributed by atoms with van der Waals surface area (Å²) in [4.78, 5) is 31.4. The summed E-state index contributed by atoms with van der Waals surface area (Å²) >= 11 is 0. The Morgan fingerprint density at radius 3 is 2.70 bits per heavy atom. The normalized spacial score (nSPS) is 20.9. The lowest BCUT2D eigenvalue weighted by atomic mass is 10.0. The molecule has 0 spiro atoms. The number of hydrogen-bond acceptors (Lipinski definition) is 8. The Morgan fingerprint density at radius 2 is 1.91 bits per heavy atom. The molecule has 0 saturated carbocycles. The molecule has 4 heterocycles. The number of carbonyl (C=O) groups is 1. The number of benzene rings is 2. The molecule has 0 radical (unpaired) electrons. The van der Waals surface area contributed by atoms with Crippen LogP contribution in [0.3, 0.4) is 0 Å². The zero-order valence-electron chi connectivity index (χ0n) is 25.3. The van der Waals surface area contributed by atoms with Gasteiger partial charge in [0.25, 0.3) is 0 Å². The second-order valence-electron chi connectivity index (χ2n) is 12.0. The molecular weight excluding hydrogens is 538 g/mol. The number of hydrogen-bond donors (Lipinski definition) is 0. The van der Waals surface area contributed by atoms with Crippen LogP contribution in [0.2, 0.25) is 0 Å². The fourth-order valence-electron chi connectivity index (χ4n) is 6.94. The minimum Gasteiger partial charge on any atom is -0.462 e. The van der Waals surface area contributed by atoms with Crippen molar-refractivity contribution in [1.82, 2.24) is 19.8 Å². The van der Waals surface area contributed by atoms with Crippen LogP contribution in [0.15, 0.2) is 49.1 Å². The van der Waals surface area contributed by atoms with E-state index in [-0.39, 0.29) is 18.4 Å². The summed E-state index contributed by atoms with van der Waals surface area (Å²) in [6.45, 7) is 10.7. The Labute approximate surface area is 254 Å². The highest BCUT2D eigenvalue weighted by molar-refractivity contribution is 5.96. The fourth-order valence-corrected chi connectivity index (χ4v) is 6.94. The molecule has 43 heavy (non-hydrogen) atoms. The van der Waals surface area contributed by atoms with Crippen molar-refractivity contribution in [3.05, 3.63) is 65.9 Å². The number of fused-ring (bicyclic) bond motifs is 2. The monoisotopic (exact) mass is 579 g/mol. The Kier molecular flexibility index (Phi) is 8.48. The van der Waals surface area contributed by atoms with Gasteiger partial charge in [-0.1, -0.05) is 36.9 Å². The molecule has 0 bridgehead atoms. The Morgan fingerprint density at radius 1 is 1.07 bits per heavy atom. The van der Waals surface area contributed by atoms with Crippen LogP contribution in [0.25, 0.3) is 10.8 Å². The van der Waals surface area contributed by atoms with Crippen molar-refractivity contribution < 1.29 is 9.53 Å². The Balaban J connectivity index is 1.36. The number of piperazine rings is 1. The number of aryl methyl sites for hydroxylation is 1. The molecule has 0 aliphatic carbocycles. The standard InChI is InChI=1S/C34H41N7O2/c1-4-32(42)41-20-19-40(21-25(41)15-16-35)33-29-13-8-18-39(31-14-6-11-27-24(2)9-5-12-28(27)31)22-30(29)36-34(37-33)43-23-26-10-7-17-38(26)3/h4-6,9,11-12,14,25-26H,1,7-8,10,13,15,17-23H2,2-3H3/t25?,26-/m0/s1. The van der Waals surface area contributed by atoms with E-state index in [0.717, 1.165) is 49.4 Å². The largest absolute Gasteiger partial charge is 0.462 e. The second-order valence-corrected chi connectivity index (χ2v) is 12.0. The van der Waals surface area contributed by atoms with Crippen molar-refractivity contribution >= 4 is 28.2 Å². The van der Waals surface area contributed by atoms with Crippen LogP contribution >= 0.6 is 0 Å².